The first kappa shape index (κ1) is 20.4. The van der Waals surface area contributed by atoms with Crippen molar-refractivity contribution in [2.24, 2.45) is 0 Å². The lowest BCUT2D eigenvalue weighted by atomic mass is 9.83. The highest BCUT2D eigenvalue weighted by Gasteiger charge is 2.38. The molecule has 2 heterocycles. The van der Waals surface area contributed by atoms with Gasteiger partial charge in [-0.1, -0.05) is 6.07 Å². The lowest BCUT2D eigenvalue weighted by Crippen LogP contribution is -2.15. The molecule has 2 aromatic carbocycles. The standard InChI is InChI=1S/C22H20O9/c1-11(23)31-17-8-19-18(29-10-30-19)7-14(17)20(21-15(24)9-28-22(21)25)13-5-4-12(26-2)6-16(13)27-3/h4-8,20,24H,9-10H2,1-3H3/t20-/m0/s1. The van der Waals surface area contributed by atoms with E-state index in [1.807, 2.05) is 0 Å². The Balaban J connectivity index is 1.98. The second-order valence-corrected chi connectivity index (χ2v) is 6.81. The molecule has 162 valence electrons. The zero-order chi connectivity index (χ0) is 22.1. The first-order chi connectivity index (χ1) is 14.9. The monoisotopic (exact) mass is 428 g/mol. The van der Waals surface area contributed by atoms with E-state index in [-0.39, 0.29) is 30.5 Å². The summed E-state index contributed by atoms with van der Waals surface area (Å²) in [6.45, 7) is 1.01. The zero-order valence-corrected chi connectivity index (χ0v) is 17.1. The number of carbonyl (C=O) groups excluding carboxylic acids is 2. The molecule has 1 N–H and O–H groups in total. The molecule has 0 radical (unpaired) electrons. The van der Waals surface area contributed by atoms with Crippen LogP contribution in [0, 0.1) is 0 Å². The molecule has 2 aromatic rings. The number of methoxy groups -OCH3 is 2. The number of benzene rings is 2. The fourth-order valence-electron chi connectivity index (χ4n) is 3.64. The Morgan fingerprint density at radius 1 is 1.00 bits per heavy atom. The number of hydrogen-bond acceptors (Lipinski definition) is 9. The number of ether oxygens (including phenoxy) is 6. The van der Waals surface area contributed by atoms with Crippen LogP contribution in [0.15, 0.2) is 41.7 Å². The second kappa shape index (κ2) is 8.10. The van der Waals surface area contributed by atoms with Crippen molar-refractivity contribution in [2.75, 3.05) is 27.6 Å². The lowest BCUT2D eigenvalue weighted by Gasteiger charge is -2.23. The van der Waals surface area contributed by atoms with Crippen LogP contribution in [0.5, 0.6) is 28.7 Å². The first-order valence-electron chi connectivity index (χ1n) is 9.36. The molecule has 2 aliphatic heterocycles. The van der Waals surface area contributed by atoms with Crippen LogP contribution >= 0.6 is 0 Å². The van der Waals surface area contributed by atoms with Crippen molar-refractivity contribution in [3.63, 3.8) is 0 Å². The van der Waals surface area contributed by atoms with Gasteiger partial charge in [-0.15, -0.1) is 0 Å². The van der Waals surface area contributed by atoms with Crippen LogP contribution in [-0.4, -0.2) is 44.7 Å². The predicted molar refractivity (Wildman–Crippen MR) is 106 cm³/mol. The highest BCUT2D eigenvalue weighted by Crippen LogP contribution is 2.48. The second-order valence-electron chi connectivity index (χ2n) is 6.81. The van der Waals surface area contributed by atoms with Gasteiger partial charge >= 0.3 is 11.9 Å². The Morgan fingerprint density at radius 2 is 1.74 bits per heavy atom. The van der Waals surface area contributed by atoms with E-state index < -0.39 is 17.9 Å². The van der Waals surface area contributed by atoms with E-state index in [9.17, 15) is 14.7 Å². The molecule has 0 aromatic heterocycles. The molecule has 0 bridgehead atoms. The lowest BCUT2D eigenvalue weighted by molar-refractivity contribution is -0.136. The first-order valence-corrected chi connectivity index (χ1v) is 9.36. The van der Waals surface area contributed by atoms with E-state index in [1.165, 1.54) is 27.2 Å². The molecule has 2 aliphatic rings. The van der Waals surface area contributed by atoms with Gasteiger partial charge < -0.3 is 33.5 Å². The number of carbonyl (C=O) groups is 2. The van der Waals surface area contributed by atoms with Crippen molar-refractivity contribution in [1.29, 1.82) is 0 Å². The van der Waals surface area contributed by atoms with Crippen LogP contribution in [-0.2, 0) is 14.3 Å². The zero-order valence-electron chi connectivity index (χ0n) is 17.1. The molecule has 0 spiro atoms. The third-order valence-corrected chi connectivity index (χ3v) is 4.98. The van der Waals surface area contributed by atoms with Crippen molar-refractivity contribution in [3.05, 3.63) is 52.8 Å². The van der Waals surface area contributed by atoms with E-state index in [0.29, 0.717) is 34.1 Å². The van der Waals surface area contributed by atoms with Crippen molar-refractivity contribution < 1.29 is 43.1 Å². The number of aliphatic hydroxyl groups is 1. The van der Waals surface area contributed by atoms with Gasteiger partial charge in [-0.3, -0.25) is 4.79 Å². The highest BCUT2D eigenvalue weighted by atomic mass is 16.7. The van der Waals surface area contributed by atoms with Crippen LogP contribution in [0.25, 0.3) is 0 Å². The third kappa shape index (κ3) is 3.70. The number of cyclic esters (lactones) is 1. The third-order valence-electron chi connectivity index (χ3n) is 4.98. The molecule has 1 atom stereocenters. The summed E-state index contributed by atoms with van der Waals surface area (Å²) < 4.78 is 32.1. The Morgan fingerprint density at radius 3 is 2.35 bits per heavy atom. The van der Waals surface area contributed by atoms with Gasteiger partial charge in [-0.2, -0.15) is 0 Å². The summed E-state index contributed by atoms with van der Waals surface area (Å²) in [5.41, 5.74) is 0.926. The molecule has 4 rings (SSSR count). The molecule has 0 saturated heterocycles. The summed E-state index contributed by atoms with van der Waals surface area (Å²) in [5, 5.41) is 10.5. The van der Waals surface area contributed by atoms with Gasteiger partial charge in [0.2, 0.25) is 6.79 Å². The molecule has 9 nitrogen and oxygen atoms in total. The highest BCUT2D eigenvalue weighted by molar-refractivity contribution is 5.94. The van der Waals surface area contributed by atoms with Gasteiger partial charge in [-0.05, 0) is 12.1 Å². The maximum Gasteiger partial charge on any atom is 0.338 e. The van der Waals surface area contributed by atoms with E-state index in [2.05, 4.69) is 0 Å². The Kier molecular flexibility index (Phi) is 5.33. The molecule has 0 fully saturated rings. The van der Waals surface area contributed by atoms with Gasteiger partial charge in [0.05, 0.1) is 25.7 Å². The van der Waals surface area contributed by atoms with Crippen molar-refractivity contribution in [1.82, 2.24) is 0 Å². The topological polar surface area (TPSA) is 110 Å². The Hall–Kier alpha value is -3.88. The summed E-state index contributed by atoms with van der Waals surface area (Å²) in [7, 11) is 2.99. The molecule has 31 heavy (non-hydrogen) atoms. The van der Waals surface area contributed by atoms with Gasteiger partial charge in [0.1, 0.15) is 29.6 Å². The predicted octanol–water partition coefficient (Wildman–Crippen LogP) is 2.86. The number of fused-ring (bicyclic) bond motifs is 1. The van der Waals surface area contributed by atoms with E-state index in [0.717, 1.165) is 0 Å². The summed E-state index contributed by atoms with van der Waals surface area (Å²) in [4.78, 5) is 24.4. The number of hydrogen-bond donors (Lipinski definition) is 1. The van der Waals surface area contributed by atoms with E-state index in [1.54, 1.807) is 24.3 Å². The molecule has 9 heteroatoms. The normalized spacial score (nSPS) is 15.5. The van der Waals surface area contributed by atoms with Crippen molar-refractivity contribution in [3.8, 4) is 28.7 Å². The van der Waals surface area contributed by atoms with Gasteiger partial charge in [-0.25, -0.2) is 4.79 Å². The summed E-state index contributed by atoms with van der Waals surface area (Å²) in [6, 6.07) is 8.18. The average Bonchev–Trinajstić information content (AvgIpc) is 3.34. The van der Waals surface area contributed by atoms with Crippen LogP contribution < -0.4 is 23.7 Å². The average molecular weight is 428 g/mol. The molecule has 0 unspecified atom stereocenters. The Bertz CT molecular complexity index is 1090. The SMILES string of the molecule is COc1ccc([C@H](C2=C(O)COC2=O)c2cc3c(cc2OC(C)=O)OCO3)c(OC)c1. The van der Waals surface area contributed by atoms with Crippen LogP contribution in [0.3, 0.4) is 0 Å². The molecule has 0 saturated carbocycles. The molecular formula is C22H20O9. The molecular weight excluding hydrogens is 408 g/mol. The van der Waals surface area contributed by atoms with Crippen LogP contribution in [0.4, 0.5) is 0 Å². The van der Waals surface area contributed by atoms with Gasteiger partial charge in [0, 0.05) is 30.2 Å². The maximum atomic E-state index is 12.6. The minimum atomic E-state index is -0.889. The van der Waals surface area contributed by atoms with Crippen LogP contribution in [0.2, 0.25) is 0 Å². The van der Waals surface area contributed by atoms with Crippen LogP contribution in [0.1, 0.15) is 24.0 Å². The van der Waals surface area contributed by atoms with Crippen molar-refractivity contribution in [2.45, 2.75) is 12.8 Å². The molecule has 0 amide bonds. The quantitative estimate of drug-likeness (QED) is 0.548. The number of aliphatic hydroxyl groups excluding tert-OH is 1. The summed E-state index contributed by atoms with van der Waals surface area (Å²) >= 11 is 0. The fraction of sp³-hybridized carbons (Fsp3) is 0.273. The number of esters is 2. The van der Waals surface area contributed by atoms with Gasteiger partial charge in [0.25, 0.3) is 0 Å². The smallest absolute Gasteiger partial charge is 0.338 e. The minimum absolute atomic E-state index is 0.00477. The minimum Gasteiger partial charge on any atom is -0.508 e. The van der Waals surface area contributed by atoms with E-state index in [4.69, 9.17) is 28.4 Å². The summed E-state index contributed by atoms with van der Waals surface area (Å²) in [6.07, 6.45) is 0. The van der Waals surface area contributed by atoms with Gasteiger partial charge in [0.15, 0.2) is 11.5 Å². The number of rotatable bonds is 6. The maximum absolute atomic E-state index is 12.6. The molecule has 0 aliphatic carbocycles. The van der Waals surface area contributed by atoms with Crippen molar-refractivity contribution >= 4 is 11.9 Å². The Labute approximate surface area is 177 Å². The van der Waals surface area contributed by atoms with E-state index >= 15 is 0 Å². The summed E-state index contributed by atoms with van der Waals surface area (Å²) in [5.74, 6) is -0.464. The fourth-order valence-corrected chi connectivity index (χ4v) is 3.64. The largest absolute Gasteiger partial charge is 0.508 e.